The molecule has 0 saturated carbocycles. The van der Waals surface area contributed by atoms with Gasteiger partial charge in [0, 0.05) is 5.92 Å². The number of carbonyl (C=O) groups is 3. The summed E-state index contributed by atoms with van der Waals surface area (Å²) in [6.07, 6.45) is -1.83. The summed E-state index contributed by atoms with van der Waals surface area (Å²) in [6.45, 7) is 3.04. The Morgan fingerprint density at radius 1 is 1.00 bits per heavy atom. The zero-order chi connectivity index (χ0) is 22.5. The second kappa shape index (κ2) is 9.61. The molecule has 2 aromatic rings. The number of carboxylic acid groups (broad SMARTS) is 1. The Morgan fingerprint density at radius 2 is 1.55 bits per heavy atom. The predicted molar refractivity (Wildman–Crippen MR) is 114 cm³/mol. The summed E-state index contributed by atoms with van der Waals surface area (Å²) in [5.74, 6) is -2.18. The number of carbonyl (C=O) groups excluding carboxylic acids is 2. The van der Waals surface area contributed by atoms with Crippen LogP contribution in [0.25, 0.3) is 11.1 Å². The Balaban J connectivity index is 1.63. The molecular weight excluding hydrogens is 400 g/mol. The van der Waals surface area contributed by atoms with E-state index < -0.39 is 36.2 Å². The van der Waals surface area contributed by atoms with Crippen molar-refractivity contribution in [1.29, 1.82) is 0 Å². The molecule has 1 aliphatic rings. The highest BCUT2D eigenvalue weighted by molar-refractivity contribution is 5.89. The summed E-state index contributed by atoms with van der Waals surface area (Å²) < 4.78 is 5.43. The fourth-order valence-corrected chi connectivity index (χ4v) is 3.78. The van der Waals surface area contributed by atoms with Crippen molar-refractivity contribution < 1.29 is 29.3 Å². The molecule has 0 aliphatic heterocycles. The van der Waals surface area contributed by atoms with Crippen molar-refractivity contribution in [2.75, 3.05) is 6.61 Å². The molecule has 0 aromatic heterocycles. The van der Waals surface area contributed by atoms with Gasteiger partial charge in [0.2, 0.25) is 5.91 Å². The van der Waals surface area contributed by atoms with Gasteiger partial charge in [0.1, 0.15) is 12.6 Å². The molecule has 3 atom stereocenters. The van der Waals surface area contributed by atoms with Gasteiger partial charge in [0.25, 0.3) is 0 Å². The molecule has 3 rings (SSSR count). The molecule has 1 aliphatic carbocycles. The number of aliphatic hydroxyl groups is 1. The van der Waals surface area contributed by atoms with E-state index in [2.05, 4.69) is 10.6 Å². The van der Waals surface area contributed by atoms with Gasteiger partial charge < -0.3 is 25.6 Å². The van der Waals surface area contributed by atoms with E-state index in [9.17, 15) is 19.5 Å². The number of hydrogen-bond acceptors (Lipinski definition) is 5. The van der Waals surface area contributed by atoms with Gasteiger partial charge in [0.05, 0.1) is 6.10 Å². The van der Waals surface area contributed by atoms with Crippen molar-refractivity contribution in [2.24, 2.45) is 0 Å². The maximum atomic E-state index is 12.4. The third kappa shape index (κ3) is 4.86. The van der Waals surface area contributed by atoms with E-state index in [1.165, 1.54) is 6.92 Å². The lowest BCUT2D eigenvalue weighted by Crippen LogP contribution is -2.54. The highest BCUT2D eigenvalue weighted by Crippen LogP contribution is 2.44. The lowest BCUT2D eigenvalue weighted by atomic mass is 9.98. The van der Waals surface area contributed by atoms with Gasteiger partial charge in [-0.2, -0.15) is 0 Å². The van der Waals surface area contributed by atoms with Crippen LogP contribution in [0, 0.1) is 0 Å². The maximum Gasteiger partial charge on any atom is 0.407 e. The number of fused-ring (bicyclic) bond motifs is 3. The summed E-state index contributed by atoms with van der Waals surface area (Å²) in [5.41, 5.74) is 4.36. The average molecular weight is 426 g/mol. The van der Waals surface area contributed by atoms with Crippen molar-refractivity contribution in [3.8, 4) is 11.1 Å². The Kier molecular flexibility index (Phi) is 6.91. The topological polar surface area (TPSA) is 125 Å². The Bertz CT molecular complexity index is 929. The van der Waals surface area contributed by atoms with Crippen molar-refractivity contribution in [3.05, 3.63) is 59.7 Å². The number of carboxylic acids is 1. The molecule has 0 fully saturated rings. The highest BCUT2D eigenvalue weighted by Gasteiger charge is 2.31. The van der Waals surface area contributed by atoms with Gasteiger partial charge in [0.15, 0.2) is 6.04 Å². The van der Waals surface area contributed by atoms with Crippen LogP contribution in [-0.2, 0) is 14.3 Å². The lowest BCUT2D eigenvalue weighted by Gasteiger charge is -2.22. The minimum atomic E-state index is -1.47. The third-order valence-corrected chi connectivity index (χ3v) is 5.41. The van der Waals surface area contributed by atoms with Gasteiger partial charge in [-0.3, -0.25) is 4.79 Å². The molecule has 8 heteroatoms. The van der Waals surface area contributed by atoms with Crippen molar-refractivity contribution >= 4 is 18.0 Å². The van der Waals surface area contributed by atoms with Gasteiger partial charge in [-0.15, -0.1) is 0 Å². The number of aliphatic carboxylic acids is 1. The third-order valence-electron chi connectivity index (χ3n) is 5.41. The van der Waals surface area contributed by atoms with E-state index in [1.54, 1.807) is 6.92 Å². The minimum Gasteiger partial charge on any atom is -0.480 e. The molecule has 4 N–H and O–H groups in total. The molecule has 1 unspecified atom stereocenters. The van der Waals surface area contributed by atoms with E-state index in [0.29, 0.717) is 0 Å². The van der Waals surface area contributed by atoms with E-state index in [1.807, 2.05) is 48.5 Å². The molecule has 2 amide bonds. The molecule has 164 valence electrons. The first kappa shape index (κ1) is 22.3. The molecular formula is C23H26N2O6. The lowest BCUT2D eigenvalue weighted by molar-refractivity contribution is -0.145. The van der Waals surface area contributed by atoms with Gasteiger partial charge in [-0.25, -0.2) is 9.59 Å². The first-order chi connectivity index (χ1) is 14.8. The van der Waals surface area contributed by atoms with Crippen LogP contribution in [-0.4, -0.2) is 53.0 Å². The van der Waals surface area contributed by atoms with Crippen molar-refractivity contribution in [3.63, 3.8) is 0 Å². The molecule has 0 heterocycles. The fourth-order valence-electron chi connectivity index (χ4n) is 3.78. The van der Waals surface area contributed by atoms with Crippen LogP contribution in [0.1, 0.15) is 37.3 Å². The Hall–Kier alpha value is -3.39. The van der Waals surface area contributed by atoms with Gasteiger partial charge >= 0.3 is 12.1 Å². The maximum absolute atomic E-state index is 12.4. The zero-order valence-corrected chi connectivity index (χ0v) is 17.4. The van der Waals surface area contributed by atoms with E-state index in [4.69, 9.17) is 9.84 Å². The second-order valence-corrected chi connectivity index (χ2v) is 7.50. The Morgan fingerprint density at radius 3 is 2.03 bits per heavy atom. The van der Waals surface area contributed by atoms with E-state index in [-0.39, 0.29) is 18.9 Å². The quantitative estimate of drug-likeness (QED) is 0.513. The number of nitrogens with one attached hydrogen (secondary N) is 2. The standard InChI is InChI=1S/C23H26N2O6/c1-3-19(21(27)25-20(13(2)26)22(28)29)24-23(30)31-12-18-16-10-6-4-8-14(16)15-9-5-7-11-17(15)18/h4-11,13,18-20,26H,3,12H2,1-2H3,(H,24,30)(H,25,27)(H,28,29)/t13-,19?,20+/m1/s1. The first-order valence-corrected chi connectivity index (χ1v) is 10.2. The normalized spacial score (nSPS) is 15.2. The Labute approximate surface area is 180 Å². The number of aliphatic hydroxyl groups excluding tert-OH is 1. The van der Waals surface area contributed by atoms with Crippen LogP contribution in [0.2, 0.25) is 0 Å². The number of amides is 2. The van der Waals surface area contributed by atoms with Crippen LogP contribution in [0.15, 0.2) is 48.5 Å². The summed E-state index contributed by atoms with van der Waals surface area (Å²) in [6, 6.07) is 13.4. The van der Waals surface area contributed by atoms with Crippen LogP contribution in [0.3, 0.4) is 0 Å². The van der Waals surface area contributed by atoms with E-state index >= 15 is 0 Å². The van der Waals surface area contributed by atoms with Crippen LogP contribution in [0.4, 0.5) is 4.79 Å². The zero-order valence-electron chi connectivity index (χ0n) is 17.4. The van der Waals surface area contributed by atoms with Crippen LogP contribution >= 0.6 is 0 Å². The van der Waals surface area contributed by atoms with Gasteiger partial charge in [-0.05, 0) is 35.6 Å². The SMILES string of the molecule is CCC(NC(=O)OCC1c2ccccc2-c2ccccc21)C(=O)N[C@H](C(=O)O)[C@@H](C)O. The summed E-state index contributed by atoms with van der Waals surface area (Å²) >= 11 is 0. The predicted octanol–water partition coefficient (Wildman–Crippen LogP) is 2.25. The number of alkyl carbamates (subject to hydrolysis) is 1. The summed E-state index contributed by atoms with van der Waals surface area (Å²) in [4.78, 5) is 35.9. The fraction of sp³-hybridized carbons (Fsp3) is 0.348. The summed E-state index contributed by atoms with van der Waals surface area (Å²) in [5, 5.41) is 23.3. The molecule has 0 spiro atoms. The van der Waals surface area contributed by atoms with Crippen LogP contribution in [0.5, 0.6) is 0 Å². The minimum absolute atomic E-state index is 0.101. The number of rotatable bonds is 8. The monoisotopic (exact) mass is 426 g/mol. The van der Waals surface area contributed by atoms with Crippen molar-refractivity contribution in [1.82, 2.24) is 10.6 Å². The highest BCUT2D eigenvalue weighted by atomic mass is 16.5. The largest absolute Gasteiger partial charge is 0.480 e. The molecule has 0 radical (unpaired) electrons. The first-order valence-electron chi connectivity index (χ1n) is 10.2. The average Bonchev–Trinajstić information content (AvgIpc) is 3.07. The molecule has 0 saturated heterocycles. The van der Waals surface area contributed by atoms with Gasteiger partial charge in [-0.1, -0.05) is 55.5 Å². The second-order valence-electron chi connectivity index (χ2n) is 7.50. The molecule has 0 bridgehead atoms. The van der Waals surface area contributed by atoms with Crippen molar-refractivity contribution in [2.45, 2.75) is 44.4 Å². The number of ether oxygens (including phenoxy) is 1. The summed E-state index contributed by atoms with van der Waals surface area (Å²) in [7, 11) is 0. The molecule has 31 heavy (non-hydrogen) atoms. The van der Waals surface area contributed by atoms with E-state index in [0.717, 1.165) is 22.3 Å². The molecule has 8 nitrogen and oxygen atoms in total. The number of hydrogen-bond donors (Lipinski definition) is 4. The van der Waals surface area contributed by atoms with Crippen LogP contribution < -0.4 is 10.6 Å². The number of benzene rings is 2. The molecule has 2 aromatic carbocycles. The smallest absolute Gasteiger partial charge is 0.407 e.